The van der Waals surface area contributed by atoms with Crippen LogP contribution in [0.15, 0.2) is 42.5 Å². The number of carbonyl (C=O) groups excluding carboxylic acids is 2. The Bertz CT molecular complexity index is 779. The molecule has 2 aromatic rings. The van der Waals surface area contributed by atoms with E-state index in [0.29, 0.717) is 28.4 Å². The molecule has 2 rings (SSSR count). The number of hydrogen-bond donors (Lipinski definition) is 2. The SMILES string of the molecule is CN(C)CCNC(=O)c1cccc(C(=O)Nc2cccc(Cl)c2Cl)c1. The fourth-order valence-electron chi connectivity index (χ4n) is 2.09. The summed E-state index contributed by atoms with van der Waals surface area (Å²) in [4.78, 5) is 26.5. The van der Waals surface area contributed by atoms with E-state index in [4.69, 9.17) is 23.2 Å². The zero-order valence-electron chi connectivity index (χ0n) is 14.0. The van der Waals surface area contributed by atoms with Crippen molar-refractivity contribution in [2.24, 2.45) is 0 Å². The Morgan fingerprint density at radius 3 is 2.32 bits per heavy atom. The fraction of sp³-hybridized carbons (Fsp3) is 0.222. The average Bonchev–Trinajstić information content (AvgIpc) is 2.58. The third-order valence-electron chi connectivity index (χ3n) is 3.43. The van der Waals surface area contributed by atoms with E-state index in [0.717, 1.165) is 6.54 Å². The molecule has 7 heteroatoms. The number of halogens is 2. The van der Waals surface area contributed by atoms with Crippen molar-refractivity contribution in [3.63, 3.8) is 0 Å². The summed E-state index contributed by atoms with van der Waals surface area (Å²) in [7, 11) is 3.86. The largest absolute Gasteiger partial charge is 0.351 e. The number of rotatable bonds is 6. The van der Waals surface area contributed by atoms with Crippen LogP contribution in [0.4, 0.5) is 5.69 Å². The minimum Gasteiger partial charge on any atom is -0.351 e. The predicted octanol–water partition coefficient (Wildman–Crippen LogP) is 3.54. The zero-order chi connectivity index (χ0) is 18.4. The van der Waals surface area contributed by atoms with E-state index >= 15 is 0 Å². The molecule has 0 aromatic heterocycles. The molecule has 2 amide bonds. The first kappa shape index (κ1) is 19.2. The number of carbonyl (C=O) groups is 2. The van der Waals surface area contributed by atoms with Crippen molar-refractivity contribution < 1.29 is 9.59 Å². The highest BCUT2D eigenvalue weighted by molar-refractivity contribution is 6.44. The van der Waals surface area contributed by atoms with E-state index in [1.165, 1.54) is 0 Å². The Morgan fingerprint density at radius 1 is 1.00 bits per heavy atom. The predicted molar refractivity (Wildman–Crippen MR) is 102 cm³/mol. The van der Waals surface area contributed by atoms with Gasteiger partial charge in [0.25, 0.3) is 11.8 Å². The summed E-state index contributed by atoms with van der Waals surface area (Å²) in [5.41, 5.74) is 1.19. The highest BCUT2D eigenvalue weighted by Crippen LogP contribution is 2.29. The van der Waals surface area contributed by atoms with Gasteiger partial charge in [-0.2, -0.15) is 0 Å². The maximum atomic E-state index is 12.4. The number of nitrogens with zero attached hydrogens (tertiary/aromatic N) is 1. The molecule has 0 saturated carbocycles. The van der Waals surface area contributed by atoms with Gasteiger partial charge in [-0.1, -0.05) is 35.3 Å². The van der Waals surface area contributed by atoms with Crippen LogP contribution in [0.3, 0.4) is 0 Å². The van der Waals surface area contributed by atoms with Crippen LogP contribution in [-0.2, 0) is 0 Å². The van der Waals surface area contributed by atoms with Gasteiger partial charge in [-0.25, -0.2) is 0 Å². The molecule has 0 saturated heterocycles. The molecule has 132 valence electrons. The first-order valence-corrected chi connectivity index (χ1v) is 8.42. The van der Waals surface area contributed by atoms with Crippen molar-refractivity contribution in [3.05, 3.63) is 63.6 Å². The van der Waals surface area contributed by atoms with Crippen molar-refractivity contribution in [1.82, 2.24) is 10.2 Å². The van der Waals surface area contributed by atoms with Gasteiger partial charge >= 0.3 is 0 Å². The molecule has 0 radical (unpaired) electrons. The van der Waals surface area contributed by atoms with Gasteiger partial charge in [0, 0.05) is 24.2 Å². The summed E-state index contributed by atoms with van der Waals surface area (Å²) in [5, 5.41) is 6.14. The highest BCUT2D eigenvalue weighted by atomic mass is 35.5. The normalized spacial score (nSPS) is 10.6. The van der Waals surface area contributed by atoms with Gasteiger partial charge in [0.05, 0.1) is 15.7 Å². The lowest BCUT2D eigenvalue weighted by Gasteiger charge is -2.11. The van der Waals surface area contributed by atoms with Crippen molar-refractivity contribution in [2.45, 2.75) is 0 Å². The van der Waals surface area contributed by atoms with Crippen molar-refractivity contribution in [1.29, 1.82) is 0 Å². The fourth-order valence-corrected chi connectivity index (χ4v) is 2.44. The summed E-state index contributed by atoms with van der Waals surface area (Å²) in [6.07, 6.45) is 0. The molecular formula is C18H19Cl2N3O2. The third-order valence-corrected chi connectivity index (χ3v) is 4.25. The number of benzene rings is 2. The zero-order valence-corrected chi connectivity index (χ0v) is 15.5. The molecule has 25 heavy (non-hydrogen) atoms. The van der Waals surface area contributed by atoms with Crippen LogP contribution < -0.4 is 10.6 Å². The average molecular weight is 380 g/mol. The summed E-state index contributed by atoms with van der Waals surface area (Å²) >= 11 is 12.0. The van der Waals surface area contributed by atoms with Gasteiger partial charge in [0.15, 0.2) is 0 Å². The number of hydrogen-bond acceptors (Lipinski definition) is 3. The molecule has 2 N–H and O–H groups in total. The second-order valence-electron chi connectivity index (χ2n) is 5.70. The molecular weight excluding hydrogens is 361 g/mol. The maximum absolute atomic E-state index is 12.4. The van der Waals surface area contributed by atoms with Crippen LogP contribution in [0.5, 0.6) is 0 Å². The standard InChI is InChI=1S/C18H19Cl2N3O2/c1-23(2)10-9-21-17(24)12-5-3-6-13(11-12)18(25)22-15-8-4-7-14(19)16(15)20/h3-8,11H,9-10H2,1-2H3,(H,21,24)(H,22,25). The summed E-state index contributed by atoms with van der Waals surface area (Å²) < 4.78 is 0. The minimum absolute atomic E-state index is 0.225. The van der Waals surface area contributed by atoms with Crippen molar-refractivity contribution in [2.75, 3.05) is 32.5 Å². The Kier molecular flexibility index (Phi) is 6.82. The van der Waals surface area contributed by atoms with E-state index < -0.39 is 0 Å². The first-order valence-electron chi connectivity index (χ1n) is 7.67. The maximum Gasteiger partial charge on any atom is 0.255 e. The van der Waals surface area contributed by atoms with E-state index in [1.54, 1.807) is 42.5 Å². The highest BCUT2D eigenvalue weighted by Gasteiger charge is 2.13. The molecule has 0 aliphatic carbocycles. The van der Waals surface area contributed by atoms with Gasteiger partial charge in [0.1, 0.15) is 0 Å². The second kappa shape index (κ2) is 8.85. The lowest BCUT2D eigenvalue weighted by Crippen LogP contribution is -2.31. The van der Waals surface area contributed by atoms with E-state index in [9.17, 15) is 9.59 Å². The molecule has 0 aliphatic heterocycles. The van der Waals surface area contributed by atoms with Gasteiger partial charge in [-0.15, -0.1) is 0 Å². The van der Waals surface area contributed by atoms with Crippen LogP contribution in [0, 0.1) is 0 Å². The molecule has 5 nitrogen and oxygen atoms in total. The van der Waals surface area contributed by atoms with Gasteiger partial charge in [0.2, 0.25) is 0 Å². The summed E-state index contributed by atoms with van der Waals surface area (Å²) in [6, 6.07) is 11.5. The number of anilines is 1. The van der Waals surface area contributed by atoms with Gasteiger partial charge in [-0.3, -0.25) is 9.59 Å². The Hall–Kier alpha value is -2.08. The quantitative estimate of drug-likeness (QED) is 0.806. The van der Waals surface area contributed by atoms with E-state index in [1.807, 2.05) is 19.0 Å². The van der Waals surface area contributed by atoms with Crippen LogP contribution in [0.1, 0.15) is 20.7 Å². The van der Waals surface area contributed by atoms with Gasteiger partial charge in [-0.05, 0) is 44.4 Å². The summed E-state index contributed by atoms with van der Waals surface area (Å²) in [5.74, 6) is -0.593. The lowest BCUT2D eigenvalue weighted by atomic mass is 10.1. The monoisotopic (exact) mass is 379 g/mol. The molecule has 0 unspecified atom stereocenters. The summed E-state index contributed by atoms with van der Waals surface area (Å²) in [6.45, 7) is 1.26. The Labute approximate surface area is 156 Å². The molecule has 0 atom stereocenters. The molecule has 0 heterocycles. The van der Waals surface area contributed by atoms with Crippen LogP contribution >= 0.6 is 23.2 Å². The van der Waals surface area contributed by atoms with Gasteiger partial charge < -0.3 is 15.5 Å². The smallest absolute Gasteiger partial charge is 0.255 e. The van der Waals surface area contributed by atoms with Crippen LogP contribution in [-0.4, -0.2) is 43.9 Å². The topological polar surface area (TPSA) is 61.4 Å². The minimum atomic E-state index is -0.368. The van der Waals surface area contributed by atoms with Crippen LogP contribution in [0.2, 0.25) is 10.0 Å². The molecule has 0 spiro atoms. The number of amides is 2. The number of nitrogens with one attached hydrogen (secondary N) is 2. The lowest BCUT2D eigenvalue weighted by molar-refractivity contribution is 0.0951. The number of likely N-dealkylation sites (N-methyl/N-ethyl adjacent to an activating group) is 1. The first-order chi connectivity index (χ1) is 11.9. The molecule has 0 bridgehead atoms. The molecule has 2 aromatic carbocycles. The Balaban J connectivity index is 2.08. The van der Waals surface area contributed by atoms with E-state index in [2.05, 4.69) is 10.6 Å². The third kappa shape index (κ3) is 5.46. The molecule has 0 aliphatic rings. The van der Waals surface area contributed by atoms with Crippen LogP contribution in [0.25, 0.3) is 0 Å². The Morgan fingerprint density at radius 2 is 1.64 bits per heavy atom. The molecule has 0 fully saturated rings. The van der Waals surface area contributed by atoms with Crippen molar-refractivity contribution in [3.8, 4) is 0 Å². The second-order valence-corrected chi connectivity index (χ2v) is 6.48. The van der Waals surface area contributed by atoms with Crippen molar-refractivity contribution >= 4 is 40.7 Å². The van der Waals surface area contributed by atoms with E-state index in [-0.39, 0.29) is 16.8 Å².